The van der Waals surface area contributed by atoms with Gasteiger partial charge in [0.2, 0.25) is 0 Å². The molecule has 0 heterocycles. The third-order valence-electron chi connectivity index (χ3n) is 2.39. The van der Waals surface area contributed by atoms with Crippen molar-refractivity contribution in [1.82, 2.24) is 0 Å². The van der Waals surface area contributed by atoms with Gasteiger partial charge in [0.15, 0.2) is 0 Å². The van der Waals surface area contributed by atoms with Gasteiger partial charge in [0.25, 0.3) is 0 Å². The van der Waals surface area contributed by atoms with Gasteiger partial charge in [-0.2, -0.15) is 0 Å². The predicted molar refractivity (Wildman–Crippen MR) is 76.2 cm³/mol. The van der Waals surface area contributed by atoms with Crippen molar-refractivity contribution in [2.75, 3.05) is 13.2 Å². The predicted octanol–water partition coefficient (Wildman–Crippen LogP) is 4.30. The SMILES string of the molecule is Brc1ccccc1OCCCOc1ccccc1. The highest BCUT2D eigenvalue weighted by Gasteiger charge is 1.98. The van der Waals surface area contributed by atoms with Crippen LogP contribution in [0.4, 0.5) is 0 Å². The first-order valence-electron chi connectivity index (χ1n) is 5.91. The molecule has 0 unspecified atom stereocenters. The number of halogens is 1. The van der Waals surface area contributed by atoms with Crippen molar-refractivity contribution < 1.29 is 9.47 Å². The van der Waals surface area contributed by atoms with Gasteiger partial charge in [0, 0.05) is 6.42 Å². The molecule has 0 amide bonds. The molecule has 94 valence electrons. The maximum atomic E-state index is 5.65. The Morgan fingerprint density at radius 1 is 0.778 bits per heavy atom. The number of hydrogen-bond acceptors (Lipinski definition) is 2. The summed E-state index contributed by atoms with van der Waals surface area (Å²) in [4.78, 5) is 0. The van der Waals surface area contributed by atoms with Crippen LogP contribution < -0.4 is 9.47 Å². The van der Waals surface area contributed by atoms with Crippen LogP contribution in [0.15, 0.2) is 59.1 Å². The Balaban J connectivity index is 1.66. The average molecular weight is 307 g/mol. The molecule has 0 aliphatic heterocycles. The van der Waals surface area contributed by atoms with E-state index in [0.29, 0.717) is 13.2 Å². The number of ether oxygens (including phenoxy) is 2. The zero-order valence-corrected chi connectivity index (χ0v) is 11.6. The Hall–Kier alpha value is -1.48. The van der Waals surface area contributed by atoms with Gasteiger partial charge in [0.05, 0.1) is 17.7 Å². The number of benzene rings is 2. The zero-order valence-electron chi connectivity index (χ0n) is 10.0. The molecule has 0 aliphatic carbocycles. The molecule has 2 nitrogen and oxygen atoms in total. The maximum Gasteiger partial charge on any atom is 0.133 e. The highest BCUT2D eigenvalue weighted by Crippen LogP contribution is 2.23. The summed E-state index contributed by atoms with van der Waals surface area (Å²) in [5, 5.41) is 0. The first-order valence-corrected chi connectivity index (χ1v) is 6.71. The summed E-state index contributed by atoms with van der Waals surface area (Å²) >= 11 is 3.45. The van der Waals surface area contributed by atoms with Crippen LogP contribution in [0.3, 0.4) is 0 Å². The van der Waals surface area contributed by atoms with Gasteiger partial charge in [-0.1, -0.05) is 30.3 Å². The lowest BCUT2D eigenvalue weighted by molar-refractivity contribution is 0.246. The van der Waals surface area contributed by atoms with Gasteiger partial charge in [-0.25, -0.2) is 0 Å². The van der Waals surface area contributed by atoms with Crippen LogP contribution in [0.1, 0.15) is 6.42 Å². The highest BCUT2D eigenvalue weighted by molar-refractivity contribution is 9.10. The van der Waals surface area contributed by atoms with Gasteiger partial charge in [-0.15, -0.1) is 0 Å². The van der Waals surface area contributed by atoms with Crippen LogP contribution in [-0.2, 0) is 0 Å². The standard InChI is InChI=1S/C15H15BrO2/c16-14-9-4-5-10-15(14)18-12-6-11-17-13-7-2-1-3-8-13/h1-5,7-10H,6,11-12H2. The topological polar surface area (TPSA) is 18.5 Å². The van der Waals surface area contributed by atoms with Crippen LogP contribution in [-0.4, -0.2) is 13.2 Å². The van der Waals surface area contributed by atoms with E-state index in [0.717, 1.165) is 22.4 Å². The fourth-order valence-electron chi connectivity index (χ4n) is 1.51. The van der Waals surface area contributed by atoms with Crippen LogP contribution in [0, 0.1) is 0 Å². The second-order valence-corrected chi connectivity index (χ2v) is 4.65. The summed E-state index contributed by atoms with van der Waals surface area (Å²) in [6.07, 6.45) is 0.857. The minimum atomic E-state index is 0.648. The highest BCUT2D eigenvalue weighted by atomic mass is 79.9. The molecule has 2 aromatic carbocycles. The molecule has 0 saturated heterocycles. The molecule has 0 N–H and O–H groups in total. The lowest BCUT2D eigenvalue weighted by atomic mass is 10.3. The Bertz CT molecular complexity index is 471. The Morgan fingerprint density at radius 2 is 1.44 bits per heavy atom. The molecule has 0 aliphatic rings. The normalized spacial score (nSPS) is 10.1. The minimum absolute atomic E-state index is 0.648. The van der Waals surface area contributed by atoms with Crippen molar-refractivity contribution in [2.45, 2.75) is 6.42 Å². The Kier molecular flexibility index (Phi) is 5.09. The van der Waals surface area contributed by atoms with Gasteiger partial charge in [-0.3, -0.25) is 0 Å². The van der Waals surface area contributed by atoms with E-state index in [1.54, 1.807) is 0 Å². The van der Waals surface area contributed by atoms with Crippen molar-refractivity contribution in [3.05, 3.63) is 59.1 Å². The first kappa shape index (κ1) is 13.0. The van der Waals surface area contributed by atoms with E-state index in [2.05, 4.69) is 15.9 Å². The summed E-state index contributed by atoms with van der Waals surface area (Å²) in [7, 11) is 0. The lowest BCUT2D eigenvalue weighted by Crippen LogP contribution is -2.05. The summed E-state index contributed by atoms with van der Waals surface area (Å²) in [6.45, 7) is 1.31. The lowest BCUT2D eigenvalue weighted by Gasteiger charge is -2.08. The maximum absolute atomic E-state index is 5.65. The molecule has 2 rings (SSSR count). The summed E-state index contributed by atoms with van der Waals surface area (Å²) in [5.74, 6) is 1.77. The fourth-order valence-corrected chi connectivity index (χ4v) is 1.91. The number of para-hydroxylation sites is 2. The van der Waals surface area contributed by atoms with Gasteiger partial charge < -0.3 is 9.47 Å². The largest absolute Gasteiger partial charge is 0.493 e. The summed E-state index contributed by atoms with van der Waals surface area (Å²) in [5.41, 5.74) is 0. The monoisotopic (exact) mass is 306 g/mol. The molecule has 0 atom stereocenters. The molecular formula is C15H15BrO2. The third-order valence-corrected chi connectivity index (χ3v) is 3.05. The minimum Gasteiger partial charge on any atom is -0.493 e. The second kappa shape index (κ2) is 7.07. The summed E-state index contributed by atoms with van der Waals surface area (Å²) < 4.78 is 12.2. The van der Waals surface area contributed by atoms with Crippen LogP contribution in [0.5, 0.6) is 11.5 Å². The molecular weight excluding hydrogens is 292 g/mol. The first-order chi connectivity index (χ1) is 8.86. The molecule has 0 bridgehead atoms. The van der Waals surface area contributed by atoms with E-state index in [4.69, 9.17) is 9.47 Å². The van der Waals surface area contributed by atoms with E-state index in [-0.39, 0.29) is 0 Å². The smallest absolute Gasteiger partial charge is 0.133 e. The van der Waals surface area contributed by atoms with Crippen LogP contribution in [0.25, 0.3) is 0 Å². The molecule has 3 heteroatoms. The van der Waals surface area contributed by atoms with E-state index in [9.17, 15) is 0 Å². The summed E-state index contributed by atoms with van der Waals surface area (Å²) in [6, 6.07) is 17.7. The van der Waals surface area contributed by atoms with E-state index < -0.39 is 0 Å². The van der Waals surface area contributed by atoms with Crippen molar-refractivity contribution in [1.29, 1.82) is 0 Å². The fraction of sp³-hybridized carbons (Fsp3) is 0.200. The number of hydrogen-bond donors (Lipinski definition) is 0. The van der Waals surface area contributed by atoms with Gasteiger partial charge >= 0.3 is 0 Å². The Morgan fingerprint density at radius 3 is 2.22 bits per heavy atom. The van der Waals surface area contributed by atoms with Crippen LogP contribution >= 0.6 is 15.9 Å². The second-order valence-electron chi connectivity index (χ2n) is 3.79. The van der Waals surface area contributed by atoms with Crippen molar-refractivity contribution in [3.63, 3.8) is 0 Å². The molecule has 2 aromatic rings. The molecule has 0 aromatic heterocycles. The van der Waals surface area contributed by atoms with Crippen molar-refractivity contribution in [3.8, 4) is 11.5 Å². The molecule has 0 spiro atoms. The van der Waals surface area contributed by atoms with E-state index in [1.165, 1.54) is 0 Å². The van der Waals surface area contributed by atoms with E-state index >= 15 is 0 Å². The number of rotatable bonds is 6. The molecule has 18 heavy (non-hydrogen) atoms. The zero-order chi connectivity index (χ0) is 12.6. The van der Waals surface area contributed by atoms with Crippen molar-refractivity contribution >= 4 is 15.9 Å². The molecule has 0 saturated carbocycles. The third kappa shape index (κ3) is 4.08. The Labute approximate surface area is 116 Å². The van der Waals surface area contributed by atoms with Crippen LogP contribution in [0.2, 0.25) is 0 Å². The van der Waals surface area contributed by atoms with Gasteiger partial charge in [-0.05, 0) is 40.2 Å². The van der Waals surface area contributed by atoms with Crippen molar-refractivity contribution in [2.24, 2.45) is 0 Å². The van der Waals surface area contributed by atoms with Gasteiger partial charge in [0.1, 0.15) is 11.5 Å². The molecule has 0 fully saturated rings. The van der Waals surface area contributed by atoms with E-state index in [1.807, 2.05) is 54.6 Å². The molecule has 0 radical (unpaired) electrons. The quantitative estimate of drug-likeness (QED) is 0.741. The average Bonchev–Trinajstić information content (AvgIpc) is 2.42.